The Morgan fingerprint density at radius 1 is 1.31 bits per heavy atom. The maximum atomic E-state index is 14.9. The van der Waals surface area contributed by atoms with Crippen LogP contribution in [0, 0.1) is 11.6 Å². The van der Waals surface area contributed by atoms with E-state index in [9.17, 15) is 18.0 Å². The summed E-state index contributed by atoms with van der Waals surface area (Å²) in [5.41, 5.74) is -0.0815. The summed E-state index contributed by atoms with van der Waals surface area (Å²) in [6.07, 6.45) is 2.44. The van der Waals surface area contributed by atoms with Crippen LogP contribution in [0.1, 0.15) is 36.2 Å². The van der Waals surface area contributed by atoms with E-state index in [1.54, 1.807) is 22.6 Å². The number of rotatable bonds is 5. The molecule has 1 unspecified atom stereocenters. The summed E-state index contributed by atoms with van der Waals surface area (Å²) >= 11 is 1.03. The number of aromatic amines is 1. The van der Waals surface area contributed by atoms with Crippen molar-refractivity contribution in [3.05, 3.63) is 59.4 Å². The highest BCUT2D eigenvalue weighted by molar-refractivity contribution is 7.98. The second-order valence-corrected chi connectivity index (χ2v) is 7.09. The Morgan fingerprint density at radius 3 is 2.83 bits per heavy atom. The standard InChI is InChI=1S/C18H15F3N4OS.C2H6/c19-10-5-7-25(9-10)27-24-14-4-3-13(20)15(16(14)21)17(26)12-8-23-18-11(12)2-1-6-22-18;1-2/h1-4,6,8,10,24H,5,7,9H2,(H,22,23);1-2H3. The number of hydrogen-bond donors (Lipinski definition) is 2. The summed E-state index contributed by atoms with van der Waals surface area (Å²) in [5, 5.41) is 0.486. The lowest BCUT2D eigenvalue weighted by Crippen LogP contribution is -2.16. The normalized spacial score (nSPS) is 16.5. The van der Waals surface area contributed by atoms with Gasteiger partial charge in [0.25, 0.3) is 0 Å². The number of anilines is 1. The summed E-state index contributed by atoms with van der Waals surface area (Å²) in [4.78, 5) is 19.7. The van der Waals surface area contributed by atoms with E-state index in [1.807, 2.05) is 13.8 Å². The Morgan fingerprint density at radius 2 is 2.10 bits per heavy atom. The van der Waals surface area contributed by atoms with Gasteiger partial charge in [-0.05, 0) is 30.7 Å². The molecule has 0 bridgehead atoms. The molecule has 1 saturated heterocycles. The van der Waals surface area contributed by atoms with Crippen LogP contribution in [0.15, 0.2) is 36.7 Å². The van der Waals surface area contributed by atoms with Crippen LogP contribution in [0.3, 0.4) is 0 Å². The molecule has 29 heavy (non-hydrogen) atoms. The molecule has 0 spiro atoms. The molecule has 0 amide bonds. The van der Waals surface area contributed by atoms with Crippen LogP contribution in [0.2, 0.25) is 0 Å². The van der Waals surface area contributed by atoms with Gasteiger partial charge >= 0.3 is 0 Å². The summed E-state index contributed by atoms with van der Waals surface area (Å²) in [7, 11) is 0. The van der Waals surface area contributed by atoms with Gasteiger partial charge in [-0.1, -0.05) is 13.8 Å². The van der Waals surface area contributed by atoms with Crippen molar-refractivity contribution in [1.82, 2.24) is 14.3 Å². The number of carbonyl (C=O) groups is 1. The van der Waals surface area contributed by atoms with Crippen LogP contribution in [-0.2, 0) is 0 Å². The molecule has 3 heterocycles. The van der Waals surface area contributed by atoms with E-state index in [2.05, 4.69) is 14.7 Å². The van der Waals surface area contributed by atoms with Gasteiger partial charge in [0, 0.05) is 48.6 Å². The molecule has 1 aliphatic rings. The zero-order chi connectivity index (χ0) is 21.0. The molecule has 2 aromatic heterocycles. The van der Waals surface area contributed by atoms with Gasteiger partial charge in [0.1, 0.15) is 17.6 Å². The van der Waals surface area contributed by atoms with Crippen LogP contribution in [-0.4, -0.2) is 39.3 Å². The molecule has 2 N–H and O–H groups in total. The van der Waals surface area contributed by atoms with Crippen LogP contribution < -0.4 is 4.72 Å². The first-order valence-electron chi connectivity index (χ1n) is 9.31. The van der Waals surface area contributed by atoms with Gasteiger partial charge in [0.2, 0.25) is 5.78 Å². The number of halogens is 3. The number of nitrogens with one attached hydrogen (secondary N) is 2. The Labute approximate surface area is 171 Å². The van der Waals surface area contributed by atoms with Gasteiger partial charge in [0.05, 0.1) is 11.3 Å². The third kappa shape index (κ3) is 4.40. The molecule has 1 fully saturated rings. The topological polar surface area (TPSA) is 61.0 Å². The summed E-state index contributed by atoms with van der Waals surface area (Å²) in [6.45, 7) is 4.75. The van der Waals surface area contributed by atoms with E-state index in [1.165, 1.54) is 12.3 Å². The Bertz CT molecular complexity index is 1010. The van der Waals surface area contributed by atoms with Crippen molar-refractivity contribution in [2.45, 2.75) is 26.4 Å². The van der Waals surface area contributed by atoms with Crippen molar-refractivity contribution in [3.63, 3.8) is 0 Å². The highest BCUT2D eigenvalue weighted by Crippen LogP contribution is 2.29. The van der Waals surface area contributed by atoms with Crippen LogP contribution in [0.5, 0.6) is 0 Å². The molecule has 4 rings (SSSR count). The van der Waals surface area contributed by atoms with Crippen LogP contribution in [0.4, 0.5) is 18.9 Å². The quantitative estimate of drug-likeness (QED) is 0.442. The molecular formula is C20H21F3N4OS. The molecule has 0 saturated carbocycles. The number of benzene rings is 1. The third-order valence-corrected chi connectivity index (χ3v) is 5.29. The average Bonchev–Trinajstić information content (AvgIpc) is 3.35. The van der Waals surface area contributed by atoms with Crippen molar-refractivity contribution >= 4 is 34.6 Å². The van der Waals surface area contributed by atoms with Crippen LogP contribution in [0.25, 0.3) is 11.0 Å². The van der Waals surface area contributed by atoms with Gasteiger partial charge < -0.3 is 9.71 Å². The van der Waals surface area contributed by atoms with Crippen LogP contribution >= 0.6 is 12.1 Å². The zero-order valence-electron chi connectivity index (χ0n) is 16.0. The van der Waals surface area contributed by atoms with Crippen molar-refractivity contribution in [2.75, 3.05) is 17.8 Å². The SMILES string of the molecule is CC.O=C(c1c(F)ccc(NSN2CCC(F)C2)c1F)c1c[nH]c2ncccc12. The Kier molecular flexibility index (Phi) is 6.81. The lowest BCUT2D eigenvalue weighted by atomic mass is 10.0. The minimum Gasteiger partial charge on any atom is -0.345 e. The number of nitrogens with zero attached hydrogens (tertiary/aromatic N) is 2. The molecule has 9 heteroatoms. The predicted octanol–water partition coefficient (Wildman–Crippen LogP) is 5.12. The van der Waals surface area contributed by atoms with E-state index in [0.717, 1.165) is 18.2 Å². The molecule has 1 atom stereocenters. The highest BCUT2D eigenvalue weighted by Gasteiger charge is 2.26. The van der Waals surface area contributed by atoms with E-state index >= 15 is 0 Å². The van der Waals surface area contributed by atoms with Crippen molar-refractivity contribution in [2.24, 2.45) is 0 Å². The van der Waals surface area contributed by atoms with Gasteiger partial charge in [-0.25, -0.2) is 22.5 Å². The van der Waals surface area contributed by atoms with Crippen molar-refractivity contribution in [1.29, 1.82) is 0 Å². The predicted molar refractivity (Wildman–Crippen MR) is 110 cm³/mol. The molecule has 1 aromatic carbocycles. The van der Waals surface area contributed by atoms with E-state index < -0.39 is 29.2 Å². The fourth-order valence-corrected chi connectivity index (χ4v) is 3.82. The zero-order valence-corrected chi connectivity index (χ0v) is 16.8. The molecule has 154 valence electrons. The number of H-pyrrole nitrogens is 1. The summed E-state index contributed by atoms with van der Waals surface area (Å²) < 4.78 is 46.8. The number of carbonyl (C=O) groups excluding carboxylic acids is 1. The lowest BCUT2D eigenvalue weighted by molar-refractivity contribution is 0.103. The molecule has 1 aliphatic heterocycles. The second-order valence-electron chi connectivity index (χ2n) is 6.18. The minimum absolute atomic E-state index is 0.0370. The average molecular weight is 422 g/mol. The number of aromatic nitrogens is 2. The Hall–Kier alpha value is -2.52. The first-order chi connectivity index (χ1) is 14.0. The lowest BCUT2D eigenvalue weighted by Gasteiger charge is -2.15. The molecule has 3 aromatic rings. The van der Waals surface area contributed by atoms with Crippen molar-refractivity contribution < 1.29 is 18.0 Å². The minimum atomic E-state index is -0.985. The maximum Gasteiger partial charge on any atom is 0.201 e. The van der Waals surface area contributed by atoms with E-state index in [4.69, 9.17) is 0 Å². The van der Waals surface area contributed by atoms with Gasteiger partial charge in [-0.2, -0.15) is 0 Å². The highest BCUT2D eigenvalue weighted by atomic mass is 32.2. The van der Waals surface area contributed by atoms with Crippen molar-refractivity contribution in [3.8, 4) is 0 Å². The smallest absolute Gasteiger partial charge is 0.201 e. The number of pyridine rings is 1. The molecule has 0 radical (unpaired) electrons. The van der Waals surface area contributed by atoms with Gasteiger partial charge in [-0.3, -0.25) is 4.79 Å². The maximum absolute atomic E-state index is 14.9. The largest absolute Gasteiger partial charge is 0.345 e. The first-order valence-corrected chi connectivity index (χ1v) is 10.1. The monoisotopic (exact) mass is 422 g/mol. The van der Waals surface area contributed by atoms with Gasteiger partial charge in [0.15, 0.2) is 5.82 Å². The third-order valence-electron chi connectivity index (χ3n) is 4.39. The Balaban J connectivity index is 0.00000117. The number of fused-ring (bicyclic) bond motifs is 1. The van der Waals surface area contributed by atoms with E-state index in [-0.39, 0.29) is 17.8 Å². The first kappa shape index (κ1) is 21.2. The fourth-order valence-electron chi connectivity index (χ4n) is 3.00. The number of ketones is 1. The fraction of sp³-hybridized carbons (Fsp3) is 0.300. The van der Waals surface area contributed by atoms with E-state index in [0.29, 0.717) is 24.0 Å². The molecular weight excluding hydrogens is 401 g/mol. The van der Waals surface area contributed by atoms with Gasteiger partial charge in [-0.15, -0.1) is 0 Å². The molecule has 5 nitrogen and oxygen atoms in total. The second kappa shape index (κ2) is 9.32. The number of alkyl halides is 1. The molecule has 0 aliphatic carbocycles. The summed E-state index contributed by atoms with van der Waals surface area (Å²) in [5.74, 6) is -2.71. The summed E-state index contributed by atoms with van der Waals surface area (Å²) in [6, 6.07) is 5.55. The number of hydrogen-bond acceptors (Lipinski definition) is 5.